The van der Waals surface area contributed by atoms with Crippen molar-refractivity contribution in [3.05, 3.63) is 34.9 Å². The van der Waals surface area contributed by atoms with E-state index in [0.29, 0.717) is 18.0 Å². The zero-order valence-electron chi connectivity index (χ0n) is 11.4. The van der Waals surface area contributed by atoms with Gasteiger partial charge < -0.3 is 10.6 Å². The number of hydrogen-bond acceptors (Lipinski definition) is 2. The Kier molecular flexibility index (Phi) is 5.36. The van der Waals surface area contributed by atoms with Crippen molar-refractivity contribution in [3.63, 3.8) is 0 Å². The average molecular weight is 283 g/mol. The highest BCUT2D eigenvalue weighted by Crippen LogP contribution is 2.09. The molecule has 1 aromatic carbocycles. The zero-order chi connectivity index (χ0) is 14.5. The number of hydrogen-bond donors (Lipinski definition) is 2. The third kappa shape index (κ3) is 6.25. The fourth-order valence-electron chi connectivity index (χ4n) is 1.45. The molecule has 0 unspecified atom stereocenters. The van der Waals surface area contributed by atoms with Crippen molar-refractivity contribution in [3.8, 4) is 0 Å². The highest BCUT2D eigenvalue weighted by Gasteiger charge is 2.19. The van der Waals surface area contributed by atoms with Crippen LogP contribution >= 0.6 is 11.6 Å². The van der Waals surface area contributed by atoms with Gasteiger partial charge >= 0.3 is 11.8 Å². The van der Waals surface area contributed by atoms with Crippen molar-refractivity contribution in [2.75, 3.05) is 6.54 Å². The number of amides is 2. The molecule has 0 saturated heterocycles. The van der Waals surface area contributed by atoms with Gasteiger partial charge in [0.15, 0.2) is 0 Å². The minimum absolute atomic E-state index is 0.412. The molecule has 0 radical (unpaired) electrons. The number of carbonyl (C=O) groups excluding carboxylic acids is 2. The van der Waals surface area contributed by atoms with Crippen LogP contribution in [0.15, 0.2) is 24.3 Å². The summed E-state index contributed by atoms with van der Waals surface area (Å²) in [5, 5.41) is 5.87. The first-order chi connectivity index (χ1) is 8.78. The van der Waals surface area contributed by atoms with Crippen LogP contribution in [-0.4, -0.2) is 23.9 Å². The molecule has 0 aromatic heterocycles. The Bertz CT molecular complexity index is 450. The molecular formula is C14H19ClN2O2. The monoisotopic (exact) mass is 282 g/mol. The zero-order valence-corrected chi connectivity index (χ0v) is 12.2. The van der Waals surface area contributed by atoms with Crippen LogP contribution in [0.3, 0.4) is 0 Å². The molecule has 1 rings (SSSR count). The van der Waals surface area contributed by atoms with Gasteiger partial charge in [-0.15, -0.1) is 0 Å². The van der Waals surface area contributed by atoms with Crippen molar-refractivity contribution in [1.82, 2.24) is 10.6 Å². The Labute approximate surface area is 118 Å². The van der Waals surface area contributed by atoms with E-state index in [2.05, 4.69) is 10.6 Å². The smallest absolute Gasteiger partial charge is 0.309 e. The molecule has 0 aliphatic heterocycles. The first-order valence-corrected chi connectivity index (χ1v) is 6.50. The van der Waals surface area contributed by atoms with E-state index < -0.39 is 17.4 Å². The Hall–Kier alpha value is -1.55. The summed E-state index contributed by atoms with van der Waals surface area (Å²) in [5.41, 5.74) is 0.644. The van der Waals surface area contributed by atoms with E-state index in [9.17, 15) is 9.59 Å². The second-order valence-electron chi connectivity index (χ2n) is 5.34. The van der Waals surface area contributed by atoms with Crippen LogP contribution in [0, 0.1) is 0 Å². The molecule has 2 amide bonds. The first-order valence-electron chi connectivity index (χ1n) is 6.13. The number of benzene rings is 1. The lowest BCUT2D eigenvalue weighted by Gasteiger charge is -2.19. The predicted molar refractivity (Wildman–Crippen MR) is 76.1 cm³/mol. The van der Waals surface area contributed by atoms with Crippen LogP contribution in [0.25, 0.3) is 0 Å². The maximum atomic E-state index is 11.5. The number of carbonyl (C=O) groups is 2. The van der Waals surface area contributed by atoms with E-state index in [0.717, 1.165) is 5.56 Å². The van der Waals surface area contributed by atoms with Gasteiger partial charge in [-0.25, -0.2) is 0 Å². The summed E-state index contributed by atoms with van der Waals surface area (Å²) < 4.78 is 0. The van der Waals surface area contributed by atoms with Gasteiger partial charge in [-0.05, 0) is 44.9 Å². The minimum Gasteiger partial charge on any atom is -0.348 e. The molecule has 5 heteroatoms. The number of halogens is 1. The van der Waals surface area contributed by atoms with E-state index in [-0.39, 0.29) is 0 Å². The van der Waals surface area contributed by atoms with E-state index in [1.807, 2.05) is 32.9 Å². The molecule has 1 aromatic rings. The molecule has 4 nitrogen and oxygen atoms in total. The van der Waals surface area contributed by atoms with Crippen LogP contribution in [0.2, 0.25) is 5.02 Å². The van der Waals surface area contributed by atoms with Gasteiger partial charge in [0, 0.05) is 17.1 Å². The van der Waals surface area contributed by atoms with E-state index in [1.54, 1.807) is 12.1 Å². The summed E-state index contributed by atoms with van der Waals surface area (Å²) in [6.45, 7) is 5.89. The molecule has 104 valence electrons. The van der Waals surface area contributed by atoms with Crippen molar-refractivity contribution < 1.29 is 9.59 Å². The van der Waals surface area contributed by atoms with Crippen molar-refractivity contribution in [2.45, 2.75) is 32.7 Å². The minimum atomic E-state index is -0.608. The van der Waals surface area contributed by atoms with Gasteiger partial charge in [0.2, 0.25) is 0 Å². The van der Waals surface area contributed by atoms with Crippen LogP contribution in [-0.2, 0) is 16.0 Å². The van der Waals surface area contributed by atoms with Crippen molar-refractivity contribution >= 4 is 23.4 Å². The van der Waals surface area contributed by atoms with E-state index in [1.165, 1.54) is 0 Å². The fraction of sp³-hybridized carbons (Fsp3) is 0.429. The SMILES string of the molecule is CC(C)(C)NC(=O)C(=O)NCCc1ccc(Cl)cc1. The van der Waals surface area contributed by atoms with E-state index in [4.69, 9.17) is 11.6 Å². The summed E-state index contributed by atoms with van der Waals surface area (Å²) in [5.74, 6) is -1.22. The number of nitrogens with one attached hydrogen (secondary N) is 2. The summed E-state index contributed by atoms with van der Waals surface area (Å²) >= 11 is 5.78. The highest BCUT2D eigenvalue weighted by molar-refractivity contribution is 6.35. The molecule has 0 aliphatic carbocycles. The molecule has 0 aliphatic rings. The molecule has 0 saturated carbocycles. The lowest BCUT2D eigenvalue weighted by atomic mass is 10.1. The Morgan fingerprint density at radius 1 is 1.11 bits per heavy atom. The topological polar surface area (TPSA) is 58.2 Å². The second kappa shape index (κ2) is 6.57. The van der Waals surface area contributed by atoms with Gasteiger partial charge in [0.25, 0.3) is 0 Å². The van der Waals surface area contributed by atoms with E-state index >= 15 is 0 Å². The van der Waals surface area contributed by atoms with Gasteiger partial charge in [-0.2, -0.15) is 0 Å². The van der Waals surface area contributed by atoms with Crippen molar-refractivity contribution in [1.29, 1.82) is 0 Å². The molecule has 0 atom stereocenters. The Morgan fingerprint density at radius 2 is 1.68 bits per heavy atom. The quantitative estimate of drug-likeness (QED) is 0.832. The fourth-order valence-corrected chi connectivity index (χ4v) is 1.58. The summed E-state index contributed by atoms with van der Waals surface area (Å²) in [4.78, 5) is 23.0. The molecule has 19 heavy (non-hydrogen) atoms. The lowest BCUT2D eigenvalue weighted by molar-refractivity contribution is -0.140. The van der Waals surface area contributed by atoms with Gasteiger partial charge in [0.05, 0.1) is 0 Å². The number of rotatable bonds is 3. The van der Waals surface area contributed by atoms with Gasteiger partial charge in [-0.3, -0.25) is 9.59 Å². The third-order valence-electron chi connectivity index (χ3n) is 2.31. The third-order valence-corrected chi connectivity index (χ3v) is 2.56. The molecule has 2 N–H and O–H groups in total. The maximum absolute atomic E-state index is 11.5. The summed E-state index contributed by atoms with van der Waals surface area (Å²) in [6, 6.07) is 7.38. The largest absolute Gasteiger partial charge is 0.348 e. The Morgan fingerprint density at radius 3 is 2.21 bits per heavy atom. The first kappa shape index (κ1) is 15.5. The van der Waals surface area contributed by atoms with Crippen LogP contribution < -0.4 is 10.6 Å². The molecule has 0 heterocycles. The van der Waals surface area contributed by atoms with Crippen molar-refractivity contribution in [2.24, 2.45) is 0 Å². The normalized spacial score (nSPS) is 10.9. The summed E-state index contributed by atoms with van der Waals surface area (Å²) in [6.07, 6.45) is 0.658. The van der Waals surface area contributed by atoms with Gasteiger partial charge in [0.1, 0.15) is 0 Å². The lowest BCUT2D eigenvalue weighted by Crippen LogP contribution is -2.48. The molecule has 0 fully saturated rings. The summed E-state index contributed by atoms with van der Waals surface area (Å²) in [7, 11) is 0. The highest BCUT2D eigenvalue weighted by atomic mass is 35.5. The van der Waals surface area contributed by atoms with Gasteiger partial charge in [-0.1, -0.05) is 23.7 Å². The molecular weight excluding hydrogens is 264 g/mol. The average Bonchev–Trinajstić information content (AvgIpc) is 2.29. The standard InChI is InChI=1S/C14H19ClN2O2/c1-14(2,3)17-13(19)12(18)16-9-8-10-4-6-11(15)7-5-10/h4-7H,8-9H2,1-3H3,(H,16,18)(H,17,19). The Balaban J connectivity index is 2.35. The van der Waals surface area contributed by atoms with Crippen LogP contribution in [0.1, 0.15) is 26.3 Å². The van der Waals surface area contributed by atoms with Crippen LogP contribution in [0.4, 0.5) is 0 Å². The molecule has 0 bridgehead atoms. The second-order valence-corrected chi connectivity index (χ2v) is 5.77. The van der Waals surface area contributed by atoms with Crippen LogP contribution in [0.5, 0.6) is 0 Å². The maximum Gasteiger partial charge on any atom is 0.309 e. The predicted octanol–water partition coefficient (Wildman–Crippen LogP) is 1.91. The molecule has 0 spiro atoms.